The van der Waals surface area contributed by atoms with E-state index in [2.05, 4.69) is 0 Å². The lowest BCUT2D eigenvalue weighted by Gasteiger charge is -2.31. The first-order valence-electron chi connectivity index (χ1n) is 8.31. The Bertz CT molecular complexity index is 597. The fourth-order valence-electron chi connectivity index (χ4n) is 2.97. The third-order valence-electron chi connectivity index (χ3n) is 4.31. The van der Waals surface area contributed by atoms with Crippen LogP contribution in [0.1, 0.15) is 30.1 Å². The Labute approximate surface area is 147 Å². The molecule has 0 spiro atoms. The number of nitrogens with zero attached hydrogens (tertiary/aromatic N) is 1. The van der Waals surface area contributed by atoms with E-state index >= 15 is 0 Å². The first-order chi connectivity index (χ1) is 12.0. The predicted molar refractivity (Wildman–Crippen MR) is 91.4 cm³/mol. The molecule has 25 heavy (non-hydrogen) atoms. The van der Waals surface area contributed by atoms with Gasteiger partial charge in [-0.25, -0.2) is 0 Å². The van der Waals surface area contributed by atoms with Crippen LogP contribution in [0.2, 0.25) is 0 Å². The van der Waals surface area contributed by atoms with E-state index in [1.165, 1.54) is 21.3 Å². The van der Waals surface area contributed by atoms with Crippen molar-refractivity contribution in [1.29, 1.82) is 0 Å². The normalized spacial score (nSPS) is 14.8. The third kappa shape index (κ3) is 4.15. The number of carbonyl (C=O) groups excluding carboxylic acids is 2. The predicted octanol–water partition coefficient (Wildman–Crippen LogP) is 2.13. The fraction of sp³-hybridized carbons (Fsp3) is 0.556. The maximum absolute atomic E-state index is 12.8. The topological polar surface area (TPSA) is 74.3 Å². The van der Waals surface area contributed by atoms with Crippen molar-refractivity contribution in [1.82, 2.24) is 4.90 Å². The van der Waals surface area contributed by atoms with E-state index in [1.54, 1.807) is 24.0 Å². The first kappa shape index (κ1) is 18.9. The third-order valence-corrected chi connectivity index (χ3v) is 4.31. The molecule has 1 saturated heterocycles. The summed E-state index contributed by atoms with van der Waals surface area (Å²) in [6, 6.07) is 3.28. The van der Waals surface area contributed by atoms with Gasteiger partial charge in [0.25, 0.3) is 5.91 Å². The van der Waals surface area contributed by atoms with Gasteiger partial charge in [-0.15, -0.1) is 0 Å². The number of methoxy groups -OCH3 is 3. The lowest BCUT2D eigenvalue weighted by Crippen LogP contribution is -2.40. The van der Waals surface area contributed by atoms with Crippen LogP contribution >= 0.6 is 0 Å². The van der Waals surface area contributed by atoms with Crippen LogP contribution in [0.3, 0.4) is 0 Å². The molecule has 1 aliphatic rings. The molecule has 2 rings (SSSR count). The number of likely N-dealkylation sites (tertiary alicyclic amines) is 1. The lowest BCUT2D eigenvalue weighted by atomic mass is 9.96. The Balaban J connectivity index is 2.12. The minimum atomic E-state index is -0.178. The van der Waals surface area contributed by atoms with Gasteiger partial charge in [0.05, 0.1) is 33.9 Å². The zero-order chi connectivity index (χ0) is 18.4. The van der Waals surface area contributed by atoms with E-state index in [0.29, 0.717) is 55.4 Å². The molecule has 0 radical (unpaired) electrons. The van der Waals surface area contributed by atoms with Gasteiger partial charge in [-0.1, -0.05) is 0 Å². The second-order valence-corrected chi connectivity index (χ2v) is 5.73. The van der Waals surface area contributed by atoms with Crippen molar-refractivity contribution in [2.24, 2.45) is 5.92 Å². The zero-order valence-electron chi connectivity index (χ0n) is 15.2. The molecule has 1 fully saturated rings. The number of ether oxygens (including phenoxy) is 4. The van der Waals surface area contributed by atoms with Crippen molar-refractivity contribution in [3.63, 3.8) is 0 Å². The summed E-state index contributed by atoms with van der Waals surface area (Å²) < 4.78 is 20.9. The monoisotopic (exact) mass is 351 g/mol. The summed E-state index contributed by atoms with van der Waals surface area (Å²) in [5, 5.41) is 0. The summed E-state index contributed by atoms with van der Waals surface area (Å²) in [7, 11) is 4.54. The van der Waals surface area contributed by atoms with Crippen LogP contribution < -0.4 is 14.2 Å². The van der Waals surface area contributed by atoms with E-state index in [9.17, 15) is 9.59 Å². The molecule has 0 aromatic heterocycles. The Morgan fingerprint density at radius 3 is 2.04 bits per heavy atom. The fourth-order valence-corrected chi connectivity index (χ4v) is 2.97. The van der Waals surface area contributed by atoms with E-state index in [4.69, 9.17) is 18.9 Å². The Hall–Kier alpha value is -2.44. The molecule has 1 aliphatic heterocycles. The minimum Gasteiger partial charge on any atom is -0.493 e. The van der Waals surface area contributed by atoms with Gasteiger partial charge in [0.2, 0.25) is 5.75 Å². The second kappa shape index (κ2) is 8.60. The van der Waals surface area contributed by atoms with Crippen molar-refractivity contribution >= 4 is 11.9 Å². The van der Waals surface area contributed by atoms with E-state index < -0.39 is 0 Å². The van der Waals surface area contributed by atoms with Crippen LogP contribution in [0.4, 0.5) is 0 Å². The van der Waals surface area contributed by atoms with Crippen molar-refractivity contribution in [2.75, 3.05) is 41.0 Å². The van der Waals surface area contributed by atoms with E-state index in [0.717, 1.165) is 0 Å². The number of rotatable bonds is 6. The highest BCUT2D eigenvalue weighted by Gasteiger charge is 2.29. The van der Waals surface area contributed by atoms with E-state index in [-0.39, 0.29) is 17.8 Å². The molecule has 0 aliphatic carbocycles. The number of benzene rings is 1. The van der Waals surface area contributed by atoms with Crippen LogP contribution in [0.25, 0.3) is 0 Å². The summed E-state index contributed by atoms with van der Waals surface area (Å²) in [5.74, 6) is 0.883. The van der Waals surface area contributed by atoms with Crippen molar-refractivity contribution in [3.05, 3.63) is 17.7 Å². The van der Waals surface area contributed by atoms with Crippen molar-refractivity contribution in [3.8, 4) is 17.2 Å². The number of hydrogen-bond acceptors (Lipinski definition) is 6. The molecule has 0 bridgehead atoms. The maximum Gasteiger partial charge on any atom is 0.309 e. The van der Waals surface area contributed by atoms with Crippen LogP contribution in [0.5, 0.6) is 17.2 Å². The maximum atomic E-state index is 12.8. The molecule has 0 unspecified atom stereocenters. The number of amides is 1. The van der Waals surface area contributed by atoms with Gasteiger partial charge in [-0.3, -0.25) is 9.59 Å². The Kier molecular flexibility index (Phi) is 6.50. The van der Waals surface area contributed by atoms with Crippen LogP contribution in [0, 0.1) is 5.92 Å². The van der Waals surface area contributed by atoms with Crippen LogP contribution in [-0.4, -0.2) is 57.8 Å². The molecule has 1 heterocycles. The second-order valence-electron chi connectivity index (χ2n) is 5.73. The first-order valence-corrected chi connectivity index (χ1v) is 8.31. The molecule has 1 aromatic carbocycles. The van der Waals surface area contributed by atoms with Gasteiger partial charge in [0.1, 0.15) is 0 Å². The molecule has 1 aromatic rings. The van der Waals surface area contributed by atoms with E-state index in [1.807, 2.05) is 0 Å². The molecule has 1 amide bonds. The smallest absolute Gasteiger partial charge is 0.309 e. The summed E-state index contributed by atoms with van der Waals surface area (Å²) in [6.45, 7) is 3.20. The van der Waals surface area contributed by atoms with Gasteiger partial charge in [0.15, 0.2) is 11.5 Å². The molecule has 138 valence electrons. The van der Waals surface area contributed by atoms with Crippen molar-refractivity contribution < 1.29 is 28.5 Å². The van der Waals surface area contributed by atoms with Gasteiger partial charge in [0, 0.05) is 18.7 Å². The summed E-state index contributed by atoms with van der Waals surface area (Å²) in [5.41, 5.74) is 0.462. The number of piperidine rings is 1. The Morgan fingerprint density at radius 2 is 1.60 bits per heavy atom. The largest absolute Gasteiger partial charge is 0.493 e. The van der Waals surface area contributed by atoms with Gasteiger partial charge in [-0.05, 0) is 31.9 Å². The van der Waals surface area contributed by atoms with Gasteiger partial charge < -0.3 is 23.8 Å². The summed E-state index contributed by atoms with van der Waals surface area (Å²) in [4.78, 5) is 26.3. The molecule has 0 N–H and O–H groups in total. The number of esters is 1. The molecule has 0 atom stereocenters. The average molecular weight is 351 g/mol. The standard InChI is InChI=1S/C18H25NO6/c1-5-25-18(21)12-6-8-19(9-7-12)17(20)13-10-14(22-2)16(24-4)15(11-13)23-3/h10-12H,5-9H2,1-4H3. The Morgan fingerprint density at radius 1 is 1.04 bits per heavy atom. The zero-order valence-corrected chi connectivity index (χ0v) is 15.2. The molecular weight excluding hydrogens is 326 g/mol. The highest BCUT2D eigenvalue weighted by molar-refractivity contribution is 5.95. The van der Waals surface area contributed by atoms with Gasteiger partial charge >= 0.3 is 5.97 Å². The highest BCUT2D eigenvalue weighted by atomic mass is 16.5. The highest BCUT2D eigenvalue weighted by Crippen LogP contribution is 2.38. The SMILES string of the molecule is CCOC(=O)C1CCN(C(=O)c2cc(OC)c(OC)c(OC)c2)CC1. The number of carbonyl (C=O) groups is 2. The molecule has 7 nitrogen and oxygen atoms in total. The summed E-state index contributed by atoms with van der Waals surface area (Å²) in [6.07, 6.45) is 1.21. The van der Waals surface area contributed by atoms with Crippen LogP contribution in [0.15, 0.2) is 12.1 Å². The summed E-state index contributed by atoms with van der Waals surface area (Å²) >= 11 is 0. The molecule has 0 saturated carbocycles. The number of hydrogen-bond donors (Lipinski definition) is 0. The van der Waals surface area contributed by atoms with Crippen molar-refractivity contribution in [2.45, 2.75) is 19.8 Å². The average Bonchev–Trinajstić information content (AvgIpc) is 2.66. The minimum absolute atomic E-state index is 0.124. The quantitative estimate of drug-likeness (QED) is 0.731. The van der Waals surface area contributed by atoms with Gasteiger partial charge in [-0.2, -0.15) is 0 Å². The lowest BCUT2D eigenvalue weighted by molar-refractivity contribution is -0.149. The molecule has 7 heteroatoms. The molecular formula is C18H25NO6. The van der Waals surface area contributed by atoms with Crippen LogP contribution in [-0.2, 0) is 9.53 Å².